The molecule has 2 atom stereocenters. The van der Waals surface area contributed by atoms with Gasteiger partial charge in [-0.25, -0.2) is 0 Å². The van der Waals surface area contributed by atoms with E-state index in [0.29, 0.717) is 6.04 Å². The Labute approximate surface area is 88.3 Å². The monoisotopic (exact) mass is 193 g/mol. The predicted molar refractivity (Wildman–Crippen MR) is 63.1 cm³/mol. The summed E-state index contributed by atoms with van der Waals surface area (Å²) in [6.07, 6.45) is 7.28. The molecule has 0 radical (unpaired) electrons. The lowest BCUT2D eigenvalue weighted by atomic mass is 9.86. The van der Waals surface area contributed by atoms with Crippen LogP contribution in [0.15, 0.2) is 23.9 Å². The van der Waals surface area contributed by atoms with Crippen molar-refractivity contribution < 1.29 is 0 Å². The maximum absolute atomic E-state index is 3.94. The lowest BCUT2D eigenvalue weighted by molar-refractivity contribution is 0.408. The summed E-state index contributed by atoms with van der Waals surface area (Å²) >= 11 is 0. The van der Waals surface area contributed by atoms with Crippen molar-refractivity contribution in [1.82, 2.24) is 5.32 Å². The van der Waals surface area contributed by atoms with Crippen molar-refractivity contribution in [3.8, 4) is 0 Å². The largest absolute Gasteiger partial charge is 0.388 e. The summed E-state index contributed by atoms with van der Waals surface area (Å²) in [6.45, 7) is 10.6. The molecule has 1 N–H and O–H groups in total. The molecule has 0 saturated heterocycles. The molecule has 1 aliphatic heterocycles. The fraction of sp³-hybridized carbons (Fsp3) is 0.692. The molecule has 0 aromatic heterocycles. The lowest BCUT2D eigenvalue weighted by Crippen LogP contribution is -2.29. The molecule has 0 aromatic carbocycles. The van der Waals surface area contributed by atoms with Crippen molar-refractivity contribution in [1.29, 1.82) is 0 Å². The van der Waals surface area contributed by atoms with Gasteiger partial charge in [0.15, 0.2) is 0 Å². The molecule has 1 nitrogen and oxygen atoms in total. The molecule has 0 fully saturated rings. The number of hydrogen-bond donors (Lipinski definition) is 1. The van der Waals surface area contributed by atoms with Crippen LogP contribution in [0.3, 0.4) is 0 Å². The van der Waals surface area contributed by atoms with E-state index in [-0.39, 0.29) is 0 Å². The van der Waals surface area contributed by atoms with E-state index in [4.69, 9.17) is 0 Å². The predicted octanol–water partition coefficient (Wildman–Crippen LogP) is 3.63. The van der Waals surface area contributed by atoms with Crippen LogP contribution in [0.2, 0.25) is 0 Å². The van der Waals surface area contributed by atoms with Crippen molar-refractivity contribution in [2.75, 3.05) is 0 Å². The summed E-state index contributed by atoms with van der Waals surface area (Å²) < 4.78 is 0. The molecule has 0 bridgehead atoms. The molecule has 0 aromatic rings. The molecule has 80 valence electrons. The average molecular weight is 193 g/mol. The molecule has 1 rings (SSSR count). The number of rotatable bonds is 4. The number of nitrogens with one attached hydrogen (secondary N) is 1. The fourth-order valence-corrected chi connectivity index (χ4v) is 2.07. The maximum Gasteiger partial charge on any atom is 0.0233 e. The first-order chi connectivity index (χ1) is 6.59. The Bertz CT molecular complexity index is 227. The van der Waals surface area contributed by atoms with E-state index in [2.05, 4.69) is 38.9 Å². The fourth-order valence-electron chi connectivity index (χ4n) is 2.07. The summed E-state index contributed by atoms with van der Waals surface area (Å²) in [4.78, 5) is 0. The normalized spacial score (nSPS) is 26.6. The summed E-state index contributed by atoms with van der Waals surface area (Å²) in [5.74, 6) is 0.797. The topological polar surface area (TPSA) is 12.0 Å². The molecule has 1 heterocycles. The molecule has 1 aliphatic rings. The van der Waals surface area contributed by atoms with Crippen LogP contribution < -0.4 is 5.32 Å². The Morgan fingerprint density at radius 2 is 2.36 bits per heavy atom. The first-order valence-electron chi connectivity index (χ1n) is 5.66. The molecule has 14 heavy (non-hydrogen) atoms. The van der Waals surface area contributed by atoms with E-state index >= 15 is 0 Å². The average Bonchev–Trinajstić information content (AvgIpc) is 2.10. The summed E-state index contributed by atoms with van der Waals surface area (Å²) in [6, 6.07) is 0.647. The minimum Gasteiger partial charge on any atom is -0.388 e. The van der Waals surface area contributed by atoms with Crippen LogP contribution >= 0.6 is 0 Å². The smallest absolute Gasteiger partial charge is 0.0233 e. The first-order valence-corrected chi connectivity index (χ1v) is 5.66. The second kappa shape index (κ2) is 5.23. The van der Waals surface area contributed by atoms with Gasteiger partial charge in [-0.05, 0) is 58.6 Å². The van der Waals surface area contributed by atoms with Gasteiger partial charge in [0.05, 0.1) is 0 Å². The van der Waals surface area contributed by atoms with Crippen LogP contribution in [0.25, 0.3) is 0 Å². The van der Waals surface area contributed by atoms with Gasteiger partial charge in [0.2, 0.25) is 0 Å². The van der Waals surface area contributed by atoms with Gasteiger partial charge in [0.25, 0.3) is 0 Å². The molecule has 2 unspecified atom stereocenters. The zero-order valence-corrected chi connectivity index (χ0v) is 9.77. The maximum atomic E-state index is 3.94. The van der Waals surface area contributed by atoms with Gasteiger partial charge < -0.3 is 5.32 Å². The van der Waals surface area contributed by atoms with Crippen LogP contribution in [-0.4, -0.2) is 6.04 Å². The van der Waals surface area contributed by atoms with Crippen LogP contribution in [0.4, 0.5) is 0 Å². The number of hydrogen-bond acceptors (Lipinski definition) is 1. The lowest BCUT2D eigenvalue weighted by Gasteiger charge is -2.27. The highest BCUT2D eigenvalue weighted by Crippen LogP contribution is 2.26. The van der Waals surface area contributed by atoms with Gasteiger partial charge in [-0.3, -0.25) is 0 Å². The van der Waals surface area contributed by atoms with Crippen molar-refractivity contribution in [2.45, 2.75) is 52.5 Å². The van der Waals surface area contributed by atoms with Crippen molar-refractivity contribution in [3.05, 3.63) is 23.9 Å². The minimum atomic E-state index is 0.647. The Hall–Kier alpha value is -0.720. The van der Waals surface area contributed by atoms with E-state index in [0.717, 1.165) is 5.92 Å². The second-order valence-corrected chi connectivity index (χ2v) is 4.74. The van der Waals surface area contributed by atoms with Crippen molar-refractivity contribution in [3.63, 3.8) is 0 Å². The quantitative estimate of drug-likeness (QED) is 0.672. The second-order valence-electron chi connectivity index (χ2n) is 4.74. The van der Waals surface area contributed by atoms with E-state index in [1.54, 1.807) is 0 Å². The first kappa shape index (κ1) is 11.4. The number of allylic oxidation sites excluding steroid dienone is 2. The van der Waals surface area contributed by atoms with Crippen molar-refractivity contribution >= 4 is 0 Å². The Kier molecular flexibility index (Phi) is 4.24. The van der Waals surface area contributed by atoms with Gasteiger partial charge in [-0.1, -0.05) is 11.1 Å². The van der Waals surface area contributed by atoms with Crippen LogP contribution in [0.1, 0.15) is 46.5 Å². The highest BCUT2D eigenvalue weighted by molar-refractivity contribution is 5.07. The summed E-state index contributed by atoms with van der Waals surface area (Å²) in [5.41, 5.74) is 2.83. The Morgan fingerprint density at radius 1 is 1.64 bits per heavy atom. The zero-order valence-electron chi connectivity index (χ0n) is 9.77. The Balaban J connectivity index is 2.32. The third kappa shape index (κ3) is 3.57. The summed E-state index contributed by atoms with van der Waals surface area (Å²) in [7, 11) is 0. The van der Waals surface area contributed by atoms with Gasteiger partial charge >= 0.3 is 0 Å². The third-order valence-corrected chi connectivity index (χ3v) is 3.03. The molecule has 0 aliphatic carbocycles. The molecule has 0 amide bonds. The van der Waals surface area contributed by atoms with Crippen molar-refractivity contribution in [2.24, 2.45) is 5.92 Å². The third-order valence-electron chi connectivity index (χ3n) is 3.03. The van der Waals surface area contributed by atoms with Gasteiger partial charge in [0, 0.05) is 6.04 Å². The highest BCUT2D eigenvalue weighted by atomic mass is 14.9. The van der Waals surface area contributed by atoms with E-state index < -0.39 is 0 Å². The SMILES string of the molecule is C=C(C)CCCC1CC(C)NC=C1C. The van der Waals surface area contributed by atoms with E-state index in [1.165, 1.54) is 36.8 Å². The molecule has 1 heteroatoms. The Morgan fingerprint density at radius 3 is 3.00 bits per heavy atom. The standard InChI is InChI=1S/C13H23N/c1-10(2)6-5-7-13-8-12(4)14-9-11(13)3/h9,12-14H,1,5-8H2,2-4H3. The molecule has 0 spiro atoms. The van der Waals surface area contributed by atoms with Crippen LogP contribution in [-0.2, 0) is 0 Å². The highest BCUT2D eigenvalue weighted by Gasteiger charge is 2.17. The molecular formula is C13H23N. The van der Waals surface area contributed by atoms with Gasteiger partial charge in [0.1, 0.15) is 0 Å². The van der Waals surface area contributed by atoms with Gasteiger partial charge in [-0.15, -0.1) is 6.58 Å². The van der Waals surface area contributed by atoms with E-state index in [9.17, 15) is 0 Å². The van der Waals surface area contributed by atoms with E-state index in [1.807, 2.05) is 0 Å². The molecular weight excluding hydrogens is 170 g/mol. The summed E-state index contributed by atoms with van der Waals surface area (Å²) in [5, 5.41) is 3.38. The van der Waals surface area contributed by atoms with Crippen LogP contribution in [0.5, 0.6) is 0 Å². The zero-order chi connectivity index (χ0) is 10.6. The van der Waals surface area contributed by atoms with Crippen LogP contribution in [0, 0.1) is 5.92 Å². The minimum absolute atomic E-state index is 0.647. The van der Waals surface area contributed by atoms with Gasteiger partial charge in [-0.2, -0.15) is 0 Å². The molecule has 0 saturated carbocycles.